The number of rotatable bonds is 8. The molecule has 1 aliphatic rings. The molecule has 0 saturated carbocycles. The monoisotopic (exact) mass is 442 g/mol. The molecule has 0 unspecified atom stereocenters. The zero-order valence-electron chi connectivity index (χ0n) is 17.1. The Balaban J connectivity index is 1.41. The molecule has 2 aromatic carbocycles. The van der Waals surface area contributed by atoms with Gasteiger partial charge in [-0.1, -0.05) is 12.1 Å². The van der Waals surface area contributed by atoms with E-state index in [2.05, 4.69) is 10.3 Å². The van der Waals surface area contributed by atoms with E-state index in [4.69, 9.17) is 14.2 Å². The third-order valence-electron chi connectivity index (χ3n) is 4.95. The second kappa shape index (κ2) is 9.89. The quantitative estimate of drug-likeness (QED) is 0.558. The first-order valence-corrected chi connectivity index (χ1v) is 10.9. The SMILES string of the molecule is COc1cc(-c2nc(C(=O)NC[C@@H]3CCCO3)cs2)ccc1OCc1cccc(F)c1. The smallest absolute Gasteiger partial charge is 0.270 e. The van der Waals surface area contributed by atoms with Crippen LogP contribution in [0.25, 0.3) is 10.6 Å². The van der Waals surface area contributed by atoms with Gasteiger partial charge in [-0.15, -0.1) is 11.3 Å². The summed E-state index contributed by atoms with van der Waals surface area (Å²) >= 11 is 1.38. The van der Waals surface area contributed by atoms with Gasteiger partial charge in [0.25, 0.3) is 5.91 Å². The molecule has 1 atom stereocenters. The van der Waals surface area contributed by atoms with E-state index in [1.807, 2.05) is 12.1 Å². The fourth-order valence-corrected chi connectivity index (χ4v) is 4.12. The summed E-state index contributed by atoms with van der Waals surface area (Å²) in [5.74, 6) is 0.567. The molecule has 1 amide bonds. The van der Waals surface area contributed by atoms with Gasteiger partial charge in [-0.3, -0.25) is 4.79 Å². The van der Waals surface area contributed by atoms with Crippen LogP contribution in [0.4, 0.5) is 4.39 Å². The lowest BCUT2D eigenvalue weighted by Gasteiger charge is -2.12. The Hall–Kier alpha value is -2.97. The Morgan fingerprint density at radius 3 is 2.97 bits per heavy atom. The Kier molecular flexibility index (Phi) is 6.79. The van der Waals surface area contributed by atoms with Gasteiger partial charge in [-0.05, 0) is 48.7 Å². The largest absolute Gasteiger partial charge is 0.493 e. The van der Waals surface area contributed by atoms with E-state index >= 15 is 0 Å². The summed E-state index contributed by atoms with van der Waals surface area (Å²) in [5.41, 5.74) is 1.92. The number of halogens is 1. The summed E-state index contributed by atoms with van der Waals surface area (Å²) in [5, 5.41) is 5.33. The van der Waals surface area contributed by atoms with Crippen LogP contribution < -0.4 is 14.8 Å². The van der Waals surface area contributed by atoms with Crippen molar-refractivity contribution in [3.8, 4) is 22.1 Å². The molecule has 1 fully saturated rings. The minimum absolute atomic E-state index is 0.0891. The molecule has 6 nitrogen and oxygen atoms in total. The van der Waals surface area contributed by atoms with E-state index in [-0.39, 0.29) is 24.4 Å². The van der Waals surface area contributed by atoms with Gasteiger partial charge >= 0.3 is 0 Å². The molecule has 31 heavy (non-hydrogen) atoms. The van der Waals surface area contributed by atoms with Crippen molar-refractivity contribution in [2.45, 2.75) is 25.6 Å². The topological polar surface area (TPSA) is 69.7 Å². The van der Waals surface area contributed by atoms with Crippen molar-refractivity contribution in [1.29, 1.82) is 0 Å². The van der Waals surface area contributed by atoms with E-state index in [9.17, 15) is 9.18 Å². The molecular weight excluding hydrogens is 419 g/mol. The van der Waals surface area contributed by atoms with Crippen LogP contribution in [-0.4, -0.2) is 37.3 Å². The third-order valence-corrected chi connectivity index (χ3v) is 5.84. The maximum Gasteiger partial charge on any atom is 0.270 e. The maximum atomic E-state index is 13.3. The second-order valence-electron chi connectivity index (χ2n) is 7.17. The van der Waals surface area contributed by atoms with E-state index in [1.54, 1.807) is 30.7 Å². The molecule has 162 valence electrons. The molecule has 0 radical (unpaired) electrons. The van der Waals surface area contributed by atoms with Gasteiger partial charge < -0.3 is 19.5 Å². The predicted octanol–water partition coefficient (Wildman–Crippen LogP) is 4.45. The first-order chi connectivity index (χ1) is 15.1. The number of nitrogens with zero attached hydrogens (tertiary/aromatic N) is 1. The van der Waals surface area contributed by atoms with Crippen molar-refractivity contribution >= 4 is 17.2 Å². The molecule has 0 aliphatic carbocycles. The van der Waals surface area contributed by atoms with Crippen LogP contribution in [-0.2, 0) is 11.3 Å². The number of amides is 1. The highest BCUT2D eigenvalue weighted by molar-refractivity contribution is 7.13. The van der Waals surface area contributed by atoms with Crippen molar-refractivity contribution in [2.24, 2.45) is 0 Å². The van der Waals surface area contributed by atoms with Crippen molar-refractivity contribution < 1.29 is 23.4 Å². The molecule has 1 N–H and O–H groups in total. The lowest BCUT2D eigenvalue weighted by molar-refractivity contribution is 0.0854. The molecular formula is C23H23FN2O4S. The molecule has 3 aromatic rings. The Morgan fingerprint density at radius 1 is 1.29 bits per heavy atom. The second-order valence-corrected chi connectivity index (χ2v) is 8.03. The average Bonchev–Trinajstić information content (AvgIpc) is 3.48. The van der Waals surface area contributed by atoms with Crippen molar-refractivity contribution in [1.82, 2.24) is 10.3 Å². The van der Waals surface area contributed by atoms with Crippen molar-refractivity contribution in [2.75, 3.05) is 20.3 Å². The molecule has 2 heterocycles. The van der Waals surface area contributed by atoms with Crippen LogP contribution in [0, 0.1) is 5.82 Å². The summed E-state index contributed by atoms with van der Waals surface area (Å²) in [7, 11) is 1.56. The van der Waals surface area contributed by atoms with Crippen molar-refractivity contribution in [3.05, 3.63) is 64.9 Å². The number of aromatic nitrogens is 1. The molecule has 0 bridgehead atoms. The van der Waals surface area contributed by atoms with Gasteiger partial charge in [0.05, 0.1) is 13.2 Å². The van der Waals surface area contributed by atoms with Gasteiger partial charge in [-0.25, -0.2) is 9.37 Å². The van der Waals surface area contributed by atoms with Crippen LogP contribution in [0.2, 0.25) is 0 Å². The van der Waals surface area contributed by atoms with E-state index < -0.39 is 0 Å². The molecule has 8 heteroatoms. The minimum Gasteiger partial charge on any atom is -0.493 e. The maximum absolute atomic E-state index is 13.3. The van der Waals surface area contributed by atoms with Crippen LogP contribution in [0.1, 0.15) is 28.9 Å². The predicted molar refractivity (Wildman–Crippen MR) is 116 cm³/mol. The average molecular weight is 443 g/mol. The highest BCUT2D eigenvalue weighted by Gasteiger charge is 2.18. The first-order valence-electron chi connectivity index (χ1n) is 10.0. The van der Waals surface area contributed by atoms with Crippen LogP contribution in [0.3, 0.4) is 0 Å². The van der Waals surface area contributed by atoms with Gasteiger partial charge in [0, 0.05) is 24.1 Å². The van der Waals surface area contributed by atoms with Crippen molar-refractivity contribution in [3.63, 3.8) is 0 Å². The number of thiazole rings is 1. The fraction of sp³-hybridized carbons (Fsp3) is 0.304. The molecule has 0 spiro atoms. The van der Waals surface area contributed by atoms with Gasteiger partial charge in [0.15, 0.2) is 11.5 Å². The highest BCUT2D eigenvalue weighted by atomic mass is 32.1. The number of benzene rings is 2. The summed E-state index contributed by atoms with van der Waals surface area (Å²) < 4.78 is 30.1. The third kappa shape index (κ3) is 5.39. The van der Waals surface area contributed by atoms with Crippen LogP contribution >= 0.6 is 11.3 Å². The number of ether oxygens (including phenoxy) is 3. The van der Waals surface area contributed by atoms with E-state index in [1.165, 1.54) is 23.5 Å². The Morgan fingerprint density at radius 2 is 2.19 bits per heavy atom. The van der Waals surface area contributed by atoms with Gasteiger partial charge in [0.1, 0.15) is 23.1 Å². The summed E-state index contributed by atoms with van der Waals surface area (Å²) in [6.45, 7) is 1.47. The number of hydrogen-bond donors (Lipinski definition) is 1. The van der Waals surface area contributed by atoms with E-state index in [0.717, 1.165) is 30.6 Å². The zero-order valence-corrected chi connectivity index (χ0v) is 17.9. The number of carbonyl (C=O) groups is 1. The Labute approximate surface area is 184 Å². The minimum atomic E-state index is -0.303. The van der Waals surface area contributed by atoms with Crippen LogP contribution in [0.5, 0.6) is 11.5 Å². The molecule has 4 rings (SSSR count). The summed E-state index contributed by atoms with van der Waals surface area (Å²) in [6.07, 6.45) is 2.09. The molecule has 1 saturated heterocycles. The highest BCUT2D eigenvalue weighted by Crippen LogP contribution is 2.34. The Bertz CT molecular complexity index is 1050. The number of carbonyl (C=O) groups excluding carboxylic acids is 1. The number of nitrogens with one attached hydrogen (secondary N) is 1. The normalized spacial score (nSPS) is 15.6. The fourth-order valence-electron chi connectivity index (χ4n) is 3.32. The summed E-state index contributed by atoms with van der Waals surface area (Å²) in [6, 6.07) is 11.7. The lowest BCUT2D eigenvalue weighted by atomic mass is 10.2. The van der Waals surface area contributed by atoms with Gasteiger partial charge in [-0.2, -0.15) is 0 Å². The number of hydrogen-bond acceptors (Lipinski definition) is 6. The summed E-state index contributed by atoms with van der Waals surface area (Å²) in [4.78, 5) is 16.8. The standard InChI is InChI=1S/C23H23FN2O4S/c1-28-21-11-16(7-8-20(21)30-13-15-4-2-5-17(24)10-15)23-26-19(14-31-23)22(27)25-12-18-6-3-9-29-18/h2,4-5,7-8,10-11,14,18H,3,6,9,12-13H2,1H3,(H,25,27)/t18-/m0/s1. The number of methoxy groups -OCH3 is 1. The molecule has 1 aliphatic heterocycles. The lowest BCUT2D eigenvalue weighted by Crippen LogP contribution is -2.31. The molecule has 1 aromatic heterocycles. The first kappa shape index (κ1) is 21.3. The zero-order chi connectivity index (χ0) is 21.6. The van der Waals surface area contributed by atoms with Gasteiger partial charge in [0.2, 0.25) is 0 Å². The van der Waals surface area contributed by atoms with E-state index in [0.29, 0.717) is 28.7 Å². The van der Waals surface area contributed by atoms with Crippen LogP contribution in [0.15, 0.2) is 47.8 Å².